The third kappa shape index (κ3) is 2.86. The number of para-hydroxylation sites is 1. The standard InChI is InChI=1S/C14H17NO4/c1-2-10-5-3-4-6-12(10)15-11(7-8-13(16)17)9-19-14(15)18/h3-6,11H,2,7-9H2,1H3,(H,16,17). The predicted molar refractivity (Wildman–Crippen MR) is 70.3 cm³/mol. The van der Waals surface area contributed by atoms with Gasteiger partial charge in [0.15, 0.2) is 0 Å². The van der Waals surface area contributed by atoms with Crippen LogP contribution in [0.5, 0.6) is 0 Å². The fourth-order valence-corrected chi connectivity index (χ4v) is 2.30. The number of aliphatic carboxylic acids is 1. The normalized spacial score (nSPS) is 18.5. The number of carboxylic acids is 1. The Hall–Kier alpha value is -2.04. The first kappa shape index (κ1) is 13.4. The van der Waals surface area contributed by atoms with E-state index in [0.717, 1.165) is 17.7 Å². The molecule has 0 aliphatic carbocycles. The van der Waals surface area contributed by atoms with Gasteiger partial charge in [-0.2, -0.15) is 0 Å². The second-order valence-electron chi connectivity index (χ2n) is 4.52. The number of carbonyl (C=O) groups is 2. The van der Waals surface area contributed by atoms with Crippen LogP contribution in [0.25, 0.3) is 0 Å². The number of carboxylic acid groups (broad SMARTS) is 1. The molecular weight excluding hydrogens is 246 g/mol. The summed E-state index contributed by atoms with van der Waals surface area (Å²) in [7, 11) is 0. The zero-order valence-corrected chi connectivity index (χ0v) is 10.8. The molecule has 0 aromatic heterocycles. The summed E-state index contributed by atoms with van der Waals surface area (Å²) in [6.45, 7) is 2.27. The monoisotopic (exact) mass is 263 g/mol. The molecule has 1 atom stereocenters. The van der Waals surface area contributed by atoms with Crippen molar-refractivity contribution in [3.8, 4) is 0 Å². The Morgan fingerprint density at radius 1 is 1.47 bits per heavy atom. The Morgan fingerprint density at radius 2 is 2.21 bits per heavy atom. The highest BCUT2D eigenvalue weighted by atomic mass is 16.6. The van der Waals surface area contributed by atoms with E-state index in [1.54, 1.807) is 4.90 Å². The van der Waals surface area contributed by atoms with Crippen LogP contribution in [0, 0.1) is 0 Å². The lowest BCUT2D eigenvalue weighted by Crippen LogP contribution is -2.34. The Morgan fingerprint density at radius 3 is 2.89 bits per heavy atom. The number of amides is 1. The molecule has 1 amide bonds. The average Bonchev–Trinajstić information content (AvgIpc) is 2.77. The van der Waals surface area contributed by atoms with Crippen molar-refractivity contribution in [3.63, 3.8) is 0 Å². The molecule has 1 heterocycles. The number of rotatable bonds is 5. The second-order valence-corrected chi connectivity index (χ2v) is 4.52. The van der Waals surface area contributed by atoms with Crippen LogP contribution in [-0.2, 0) is 16.0 Å². The number of ether oxygens (including phenoxy) is 1. The van der Waals surface area contributed by atoms with E-state index in [1.807, 2.05) is 31.2 Å². The van der Waals surface area contributed by atoms with E-state index in [9.17, 15) is 9.59 Å². The lowest BCUT2D eigenvalue weighted by atomic mass is 10.1. The van der Waals surface area contributed by atoms with E-state index in [1.165, 1.54) is 0 Å². The van der Waals surface area contributed by atoms with Crippen molar-refractivity contribution in [2.45, 2.75) is 32.2 Å². The maximum absolute atomic E-state index is 11.9. The van der Waals surface area contributed by atoms with Gasteiger partial charge in [0, 0.05) is 6.42 Å². The van der Waals surface area contributed by atoms with E-state index in [-0.39, 0.29) is 19.1 Å². The van der Waals surface area contributed by atoms with Crippen LogP contribution < -0.4 is 4.90 Å². The third-order valence-electron chi connectivity index (χ3n) is 3.28. The Kier molecular flexibility index (Phi) is 4.04. The molecule has 1 aromatic carbocycles. The highest BCUT2D eigenvalue weighted by molar-refractivity contribution is 5.91. The zero-order chi connectivity index (χ0) is 13.8. The molecule has 5 heteroatoms. The molecule has 1 aliphatic rings. The second kappa shape index (κ2) is 5.73. The molecule has 1 aliphatic heterocycles. The van der Waals surface area contributed by atoms with E-state index in [2.05, 4.69) is 0 Å². The number of nitrogens with zero attached hydrogens (tertiary/aromatic N) is 1. The lowest BCUT2D eigenvalue weighted by Gasteiger charge is -2.23. The minimum Gasteiger partial charge on any atom is -0.481 e. The van der Waals surface area contributed by atoms with Crippen LogP contribution in [0.15, 0.2) is 24.3 Å². The third-order valence-corrected chi connectivity index (χ3v) is 3.28. The van der Waals surface area contributed by atoms with Gasteiger partial charge in [0.05, 0.1) is 11.7 Å². The molecule has 1 unspecified atom stereocenters. The highest BCUT2D eigenvalue weighted by Gasteiger charge is 2.35. The molecule has 0 saturated carbocycles. The number of carbonyl (C=O) groups excluding carboxylic acids is 1. The molecule has 1 saturated heterocycles. The van der Waals surface area contributed by atoms with Gasteiger partial charge >= 0.3 is 12.1 Å². The smallest absolute Gasteiger partial charge is 0.414 e. The van der Waals surface area contributed by atoms with E-state index < -0.39 is 12.1 Å². The average molecular weight is 263 g/mol. The molecule has 0 spiro atoms. The van der Waals surface area contributed by atoms with Crippen LogP contribution in [-0.4, -0.2) is 29.8 Å². The highest BCUT2D eigenvalue weighted by Crippen LogP contribution is 2.29. The molecule has 1 N–H and O–H groups in total. The van der Waals surface area contributed by atoms with Crippen molar-refractivity contribution in [1.29, 1.82) is 0 Å². The minimum atomic E-state index is -0.858. The first-order valence-electron chi connectivity index (χ1n) is 6.39. The van der Waals surface area contributed by atoms with Crippen LogP contribution in [0.4, 0.5) is 10.5 Å². The van der Waals surface area contributed by atoms with Gasteiger partial charge in [0.2, 0.25) is 0 Å². The molecular formula is C14H17NO4. The largest absolute Gasteiger partial charge is 0.481 e. The molecule has 5 nitrogen and oxygen atoms in total. The van der Waals surface area contributed by atoms with Gasteiger partial charge < -0.3 is 9.84 Å². The zero-order valence-electron chi connectivity index (χ0n) is 10.8. The molecule has 102 valence electrons. The molecule has 0 radical (unpaired) electrons. The van der Waals surface area contributed by atoms with Crippen molar-refractivity contribution in [3.05, 3.63) is 29.8 Å². The molecule has 0 bridgehead atoms. The van der Waals surface area contributed by atoms with Crippen LogP contribution >= 0.6 is 0 Å². The summed E-state index contributed by atoms with van der Waals surface area (Å²) in [5, 5.41) is 8.75. The fourth-order valence-electron chi connectivity index (χ4n) is 2.30. The number of hydrogen-bond donors (Lipinski definition) is 1. The summed E-state index contributed by atoms with van der Waals surface area (Å²) in [5.41, 5.74) is 1.88. The van der Waals surface area contributed by atoms with E-state index in [4.69, 9.17) is 9.84 Å². The SMILES string of the molecule is CCc1ccccc1N1C(=O)OCC1CCC(=O)O. The summed E-state index contributed by atoms with van der Waals surface area (Å²) in [5.74, 6) is -0.858. The number of anilines is 1. The summed E-state index contributed by atoms with van der Waals surface area (Å²) in [4.78, 5) is 24.1. The fraction of sp³-hybridized carbons (Fsp3) is 0.429. The number of cyclic esters (lactones) is 1. The molecule has 1 aromatic rings. The Balaban J connectivity index is 2.23. The van der Waals surface area contributed by atoms with Crippen LogP contribution in [0.2, 0.25) is 0 Å². The number of aryl methyl sites for hydroxylation is 1. The van der Waals surface area contributed by atoms with Crippen molar-refractivity contribution in [1.82, 2.24) is 0 Å². The Bertz CT molecular complexity index is 486. The molecule has 2 rings (SSSR count). The van der Waals surface area contributed by atoms with Gasteiger partial charge in [-0.3, -0.25) is 9.69 Å². The van der Waals surface area contributed by atoms with Gasteiger partial charge in [-0.25, -0.2) is 4.79 Å². The van der Waals surface area contributed by atoms with Crippen molar-refractivity contribution in [2.24, 2.45) is 0 Å². The van der Waals surface area contributed by atoms with Gasteiger partial charge in [0.1, 0.15) is 6.61 Å². The number of benzene rings is 1. The molecule has 19 heavy (non-hydrogen) atoms. The first-order valence-corrected chi connectivity index (χ1v) is 6.39. The van der Waals surface area contributed by atoms with Crippen molar-refractivity contribution >= 4 is 17.7 Å². The maximum atomic E-state index is 11.9. The number of hydrogen-bond acceptors (Lipinski definition) is 3. The molecule has 1 fully saturated rings. The van der Waals surface area contributed by atoms with Gasteiger partial charge in [0.25, 0.3) is 0 Å². The first-order chi connectivity index (χ1) is 9.13. The van der Waals surface area contributed by atoms with Crippen LogP contribution in [0.1, 0.15) is 25.3 Å². The quantitative estimate of drug-likeness (QED) is 0.886. The minimum absolute atomic E-state index is 0.0338. The van der Waals surface area contributed by atoms with Gasteiger partial charge in [-0.05, 0) is 24.5 Å². The maximum Gasteiger partial charge on any atom is 0.414 e. The Labute approximate surface area is 111 Å². The van der Waals surface area contributed by atoms with E-state index >= 15 is 0 Å². The van der Waals surface area contributed by atoms with E-state index in [0.29, 0.717) is 6.42 Å². The lowest BCUT2D eigenvalue weighted by molar-refractivity contribution is -0.137. The summed E-state index contributed by atoms with van der Waals surface area (Å²) in [6, 6.07) is 7.44. The predicted octanol–water partition coefficient (Wildman–Crippen LogP) is 2.44. The summed E-state index contributed by atoms with van der Waals surface area (Å²) >= 11 is 0. The van der Waals surface area contributed by atoms with Crippen LogP contribution in [0.3, 0.4) is 0 Å². The topological polar surface area (TPSA) is 66.8 Å². The van der Waals surface area contributed by atoms with Gasteiger partial charge in [-0.1, -0.05) is 25.1 Å². The summed E-state index contributed by atoms with van der Waals surface area (Å²) < 4.78 is 5.06. The summed E-state index contributed by atoms with van der Waals surface area (Å²) in [6.07, 6.45) is 0.855. The van der Waals surface area contributed by atoms with Gasteiger partial charge in [-0.15, -0.1) is 0 Å². The van der Waals surface area contributed by atoms with Crippen molar-refractivity contribution < 1.29 is 19.4 Å². The van der Waals surface area contributed by atoms with Crippen molar-refractivity contribution in [2.75, 3.05) is 11.5 Å².